The van der Waals surface area contributed by atoms with Crippen molar-refractivity contribution < 1.29 is 19.1 Å². The number of ketones is 1. The van der Waals surface area contributed by atoms with E-state index >= 15 is 0 Å². The number of ether oxygens (including phenoxy) is 2. The third kappa shape index (κ3) is 2.34. The molecule has 19 heavy (non-hydrogen) atoms. The second-order valence-corrected chi connectivity index (χ2v) is 6.02. The Morgan fingerprint density at radius 3 is 2.68 bits per heavy atom. The molecule has 106 valence electrons. The van der Waals surface area contributed by atoms with Crippen molar-refractivity contribution in [3.8, 4) is 0 Å². The summed E-state index contributed by atoms with van der Waals surface area (Å²) >= 11 is 0. The third-order valence-corrected chi connectivity index (χ3v) is 4.41. The minimum Gasteiger partial charge on any atom is -0.451 e. The summed E-state index contributed by atoms with van der Waals surface area (Å²) in [6.07, 6.45) is 1.81. The van der Waals surface area contributed by atoms with Crippen LogP contribution in [-0.2, 0) is 19.1 Å². The highest BCUT2D eigenvalue weighted by atomic mass is 16.6. The molecule has 1 saturated heterocycles. The Balaban J connectivity index is 2.18. The van der Waals surface area contributed by atoms with Crippen molar-refractivity contribution in [1.29, 1.82) is 0 Å². The molecular formula is C15H22O4. The number of fused-ring (bicyclic) bond motifs is 1. The summed E-state index contributed by atoms with van der Waals surface area (Å²) in [5.41, 5.74) is -0.195. The predicted molar refractivity (Wildman–Crippen MR) is 70.5 cm³/mol. The molecule has 0 unspecified atom stereocenters. The molecule has 4 atom stereocenters. The Bertz CT molecular complexity index is 437. The summed E-state index contributed by atoms with van der Waals surface area (Å²) in [5, 5.41) is 0. The maximum Gasteiger partial charge on any atom is 0.334 e. The molecule has 4 nitrogen and oxygen atoms in total. The minimum atomic E-state index is -0.722. The van der Waals surface area contributed by atoms with Crippen molar-refractivity contribution in [3.05, 3.63) is 11.6 Å². The molecule has 0 bridgehead atoms. The highest BCUT2D eigenvalue weighted by molar-refractivity contribution is 5.98. The molecule has 4 heteroatoms. The van der Waals surface area contributed by atoms with Gasteiger partial charge in [-0.1, -0.05) is 19.9 Å². The van der Waals surface area contributed by atoms with E-state index in [0.717, 1.165) is 6.42 Å². The molecule has 2 aliphatic rings. The average Bonchev–Trinajstić information content (AvgIpc) is 3.03. The van der Waals surface area contributed by atoms with Gasteiger partial charge >= 0.3 is 5.97 Å². The van der Waals surface area contributed by atoms with Gasteiger partial charge in [0.15, 0.2) is 11.7 Å². The summed E-state index contributed by atoms with van der Waals surface area (Å²) in [4.78, 5) is 24.3. The smallest absolute Gasteiger partial charge is 0.334 e. The van der Waals surface area contributed by atoms with E-state index in [1.54, 1.807) is 26.8 Å². The first-order chi connectivity index (χ1) is 8.81. The standard InChI is InChI=1S/C15H22O4/c1-6-9(4)14(17)18-12-10(8(2)3)7-11-15(5,19-11)13(12)16/h6,8,10-12H,7H2,1-5H3/b9-6-/t10-,11+,12-,15+/m0/s1. The molecule has 0 radical (unpaired) electrons. The largest absolute Gasteiger partial charge is 0.451 e. The lowest BCUT2D eigenvalue weighted by atomic mass is 9.74. The number of esters is 1. The van der Waals surface area contributed by atoms with Gasteiger partial charge in [-0.2, -0.15) is 0 Å². The summed E-state index contributed by atoms with van der Waals surface area (Å²) < 4.78 is 11.0. The van der Waals surface area contributed by atoms with Gasteiger partial charge < -0.3 is 9.47 Å². The first-order valence-corrected chi connectivity index (χ1v) is 6.87. The van der Waals surface area contributed by atoms with E-state index in [2.05, 4.69) is 0 Å². The molecule has 2 rings (SSSR count). The number of carbonyl (C=O) groups excluding carboxylic acids is 2. The van der Waals surface area contributed by atoms with E-state index in [0.29, 0.717) is 5.57 Å². The van der Waals surface area contributed by atoms with Crippen LogP contribution in [-0.4, -0.2) is 29.6 Å². The zero-order valence-corrected chi connectivity index (χ0v) is 12.2. The minimum absolute atomic E-state index is 0.00478. The number of carbonyl (C=O) groups is 2. The van der Waals surface area contributed by atoms with Crippen LogP contribution in [0, 0.1) is 11.8 Å². The molecule has 1 heterocycles. The van der Waals surface area contributed by atoms with Crippen molar-refractivity contribution >= 4 is 11.8 Å². The molecule has 0 amide bonds. The van der Waals surface area contributed by atoms with Gasteiger partial charge in [-0.05, 0) is 33.1 Å². The molecular weight excluding hydrogens is 244 g/mol. The fraction of sp³-hybridized carbons (Fsp3) is 0.733. The van der Waals surface area contributed by atoms with E-state index < -0.39 is 17.7 Å². The Labute approximate surface area is 114 Å². The van der Waals surface area contributed by atoms with E-state index in [9.17, 15) is 9.59 Å². The number of Topliss-reactive ketones (excluding diaryl/α,β-unsaturated/α-hetero) is 1. The highest BCUT2D eigenvalue weighted by Gasteiger charge is 2.66. The zero-order chi connectivity index (χ0) is 14.4. The van der Waals surface area contributed by atoms with Crippen molar-refractivity contribution in [2.45, 2.75) is 58.8 Å². The van der Waals surface area contributed by atoms with Crippen LogP contribution in [0.1, 0.15) is 41.0 Å². The lowest BCUT2D eigenvalue weighted by molar-refractivity contribution is -0.159. The normalized spacial score (nSPS) is 38.1. The lowest BCUT2D eigenvalue weighted by Crippen LogP contribution is -2.48. The quantitative estimate of drug-likeness (QED) is 0.447. The van der Waals surface area contributed by atoms with Crippen molar-refractivity contribution in [3.63, 3.8) is 0 Å². The van der Waals surface area contributed by atoms with Crippen LogP contribution in [0.15, 0.2) is 11.6 Å². The maximum atomic E-state index is 12.4. The van der Waals surface area contributed by atoms with Crippen molar-refractivity contribution in [2.24, 2.45) is 11.8 Å². The SMILES string of the molecule is C/C=C(/C)C(=O)O[C@@H]1C(=O)[C@]2(C)O[C@@H]2C[C@H]1C(C)C. The summed E-state index contributed by atoms with van der Waals surface area (Å²) in [5.74, 6) is -0.169. The van der Waals surface area contributed by atoms with Gasteiger partial charge in [0, 0.05) is 11.5 Å². The monoisotopic (exact) mass is 266 g/mol. The van der Waals surface area contributed by atoms with E-state index in [1.807, 2.05) is 13.8 Å². The average molecular weight is 266 g/mol. The molecule has 0 N–H and O–H groups in total. The van der Waals surface area contributed by atoms with Crippen LogP contribution in [0.25, 0.3) is 0 Å². The van der Waals surface area contributed by atoms with Crippen LogP contribution in [0.4, 0.5) is 0 Å². The Hall–Kier alpha value is -1.16. The number of rotatable bonds is 3. The van der Waals surface area contributed by atoms with Crippen LogP contribution in [0.5, 0.6) is 0 Å². The second kappa shape index (κ2) is 4.75. The Kier molecular flexibility index (Phi) is 3.56. The topological polar surface area (TPSA) is 55.9 Å². The summed E-state index contributed by atoms with van der Waals surface area (Å²) in [7, 11) is 0. The van der Waals surface area contributed by atoms with Crippen LogP contribution < -0.4 is 0 Å². The third-order valence-electron chi connectivity index (χ3n) is 4.41. The van der Waals surface area contributed by atoms with Crippen LogP contribution >= 0.6 is 0 Å². The van der Waals surface area contributed by atoms with E-state index in [1.165, 1.54) is 0 Å². The van der Waals surface area contributed by atoms with Gasteiger partial charge in [0.25, 0.3) is 0 Å². The summed E-state index contributed by atoms with van der Waals surface area (Å²) in [6.45, 7) is 9.36. The second-order valence-electron chi connectivity index (χ2n) is 6.02. The molecule has 1 saturated carbocycles. The zero-order valence-electron chi connectivity index (χ0n) is 12.2. The molecule has 0 aromatic carbocycles. The van der Waals surface area contributed by atoms with E-state index in [-0.39, 0.29) is 23.7 Å². The Morgan fingerprint density at radius 2 is 2.16 bits per heavy atom. The predicted octanol–water partition coefficient (Wildman–Crippen LogP) is 2.27. The summed E-state index contributed by atoms with van der Waals surface area (Å²) in [6, 6.07) is 0. The number of hydrogen-bond acceptors (Lipinski definition) is 4. The van der Waals surface area contributed by atoms with Gasteiger partial charge in [-0.15, -0.1) is 0 Å². The molecule has 0 spiro atoms. The lowest BCUT2D eigenvalue weighted by Gasteiger charge is -2.32. The molecule has 0 aromatic rings. The maximum absolute atomic E-state index is 12.4. The van der Waals surface area contributed by atoms with E-state index in [4.69, 9.17) is 9.47 Å². The molecule has 1 aliphatic carbocycles. The number of hydrogen-bond donors (Lipinski definition) is 0. The van der Waals surface area contributed by atoms with Gasteiger partial charge in [-0.25, -0.2) is 4.79 Å². The van der Waals surface area contributed by atoms with Gasteiger partial charge in [0.1, 0.15) is 0 Å². The first kappa shape index (κ1) is 14.3. The molecule has 1 aliphatic heterocycles. The fourth-order valence-corrected chi connectivity index (χ4v) is 2.69. The molecule has 2 fully saturated rings. The Morgan fingerprint density at radius 1 is 1.53 bits per heavy atom. The highest BCUT2D eigenvalue weighted by Crippen LogP contribution is 2.49. The van der Waals surface area contributed by atoms with Gasteiger partial charge in [0.2, 0.25) is 5.78 Å². The van der Waals surface area contributed by atoms with Crippen molar-refractivity contribution in [2.75, 3.05) is 0 Å². The van der Waals surface area contributed by atoms with Gasteiger partial charge in [-0.3, -0.25) is 4.79 Å². The first-order valence-electron chi connectivity index (χ1n) is 6.87. The van der Waals surface area contributed by atoms with Crippen LogP contribution in [0.2, 0.25) is 0 Å². The molecule has 0 aromatic heterocycles. The fourth-order valence-electron chi connectivity index (χ4n) is 2.69. The van der Waals surface area contributed by atoms with Crippen molar-refractivity contribution in [1.82, 2.24) is 0 Å². The van der Waals surface area contributed by atoms with Crippen LogP contribution in [0.3, 0.4) is 0 Å². The van der Waals surface area contributed by atoms with Gasteiger partial charge in [0.05, 0.1) is 6.10 Å². The number of allylic oxidation sites excluding steroid dienone is 1. The number of epoxide rings is 1.